The van der Waals surface area contributed by atoms with E-state index in [0.717, 1.165) is 19.6 Å². The zero-order chi connectivity index (χ0) is 7.23. The molecule has 1 atom stereocenters. The lowest BCUT2D eigenvalue weighted by atomic mass is 10.2. The molecule has 3 nitrogen and oxygen atoms in total. The van der Waals surface area contributed by atoms with Crippen LogP contribution >= 0.6 is 0 Å². The second-order valence-corrected chi connectivity index (χ2v) is 2.35. The van der Waals surface area contributed by atoms with Gasteiger partial charge < -0.3 is 14.2 Å². The molecule has 0 N–H and O–H groups in total. The standard InChI is InChI=1S/C7H14O3.H2/c1-8-4-5-9-6-7-2-3-10-7;/h7H,2-6H2,1H3;1H. The van der Waals surface area contributed by atoms with Gasteiger partial charge in [-0.05, 0) is 6.42 Å². The molecule has 0 aromatic carbocycles. The minimum atomic E-state index is 0. The van der Waals surface area contributed by atoms with Crippen LogP contribution in [-0.4, -0.2) is 39.6 Å². The highest BCUT2D eigenvalue weighted by Gasteiger charge is 2.17. The lowest BCUT2D eigenvalue weighted by molar-refractivity contribution is -0.0974. The molecule has 0 amide bonds. The third-order valence-corrected chi connectivity index (χ3v) is 1.53. The quantitative estimate of drug-likeness (QED) is 0.537. The summed E-state index contributed by atoms with van der Waals surface area (Å²) in [6.45, 7) is 2.98. The highest BCUT2D eigenvalue weighted by atomic mass is 16.6. The fourth-order valence-corrected chi connectivity index (χ4v) is 0.773. The molecule has 0 aromatic rings. The molecule has 3 heteroatoms. The molecule has 0 spiro atoms. The molecule has 1 fully saturated rings. The normalized spacial score (nSPS) is 24.3. The molecule has 0 bridgehead atoms. The first-order chi connectivity index (χ1) is 4.93. The van der Waals surface area contributed by atoms with Gasteiger partial charge in [-0.25, -0.2) is 0 Å². The molecule has 10 heavy (non-hydrogen) atoms. The first kappa shape index (κ1) is 7.98. The minimum absolute atomic E-state index is 0. The molecule has 1 aliphatic heterocycles. The van der Waals surface area contributed by atoms with Crippen LogP contribution in [0.25, 0.3) is 0 Å². The van der Waals surface area contributed by atoms with Gasteiger partial charge in [0.2, 0.25) is 0 Å². The van der Waals surface area contributed by atoms with Gasteiger partial charge in [-0.2, -0.15) is 0 Å². The zero-order valence-corrected chi connectivity index (χ0v) is 6.34. The highest BCUT2D eigenvalue weighted by Crippen LogP contribution is 2.10. The number of hydrogen-bond donors (Lipinski definition) is 0. The first-order valence-electron chi connectivity index (χ1n) is 3.62. The van der Waals surface area contributed by atoms with Gasteiger partial charge in [0.25, 0.3) is 0 Å². The summed E-state index contributed by atoms with van der Waals surface area (Å²) < 4.78 is 15.2. The number of rotatable bonds is 5. The molecule has 1 saturated heterocycles. The summed E-state index contributed by atoms with van der Waals surface area (Å²) in [6, 6.07) is 0. The van der Waals surface area contributed by atoms with Crippen LogP contribution in [0.2, 0.25) is 0 Å². The molecule has 1 unspecified atom stereocenters. The summed E-state index contributed by atoms with van der Waals surface area (Å²) in [4.78, 5) is 0. The average molecular weight is 148 g/mol. The van der Waals surface area contributed by atoms with Crippen LogP contribution < -0.4 is 0 Å². The Hall–Kier alpha value is -0.120. The maximum absolute atomic E-state index is 5.23. The fourth-order valence-electron chi connectivity index (χ4n) is 0.773. The minimum Gasteiger partial charge on any atom is -0.382 e. The van der Waals surface area contributed by atoms with E-state index >= 15 is 0 Å². The molecular formula is C7H16O3. The summed E-state index contributed by atoms with van der Waals surface area (Å²) in [5, 5.41) is 0. The summed E-state index contributed by atoms with van der Waals surface area (Å²) in [5.41, 5.74) is 0. The van der Waals surface area contributed by atoms with Crippen molar-refractivity contribution in [3.8, 4) is 0 Å². The number of hydrogen-bond acceptors (Lipinski definition) is 3. The van der Waals surface area contributed by atoms with Crippen molar-refractivity contribution in [2.75, 3.05) is 33.5 Å². The van der Waals surface area contributed by atoms with Crippen LogP contribution in [0.3, 0.4) is 0 Å². The second-order valence-electron chi connectivity index (χ2n) is 2.35. The van der Waals surface area contributed by atoms with Gasteiger partial charge in [0.05, 0.1) is 25.9 Å². The Morgan fingerprint density at radius 1 is 1.60 bits per heavy atom. The molecule has 0 radical (unpaired) electrons. The van der Waals surface area contributed by atoms with Gasteiger partial charge in [-0.3, -0.25) is 0 Å². The predicted octanol–water partition coefficient (Wildman–Crippen LogP) is 0.684. The Morgan fingerprint density at radius 2 is 2.40 bits per heavy atom. The van der Waals surface area contributed by atoms with Crippen molar-refractivity contribution in [3.63, 3.8) is 0 Å². The molecule has 1 heterocycles. The maximum atomic E-state index is 5.23. The van der Waals surface area contributed by atoms with Gasteiger partial charge >= 0.3 is 0 Å². The van der Waals surface area contributed by atoms with E-state index in [0.29, 0.717) is 19.3 Å². The third kappa shape index (κ3) is 2.64. The molecule has 0 aliphatic carbocycles. The van der Waals surface area contributed by atoms with Crippen LogP contribution in [0.1, 0.15) is 7.85 Å². The molecule has 1 aliphatic rings. The van der Waals surface area contributed by atoms with Crippen molar-refractivity contribution >= 4 is 0 Å². The summed E-state index contributed by atoms with van der Waals surface area (Å²) >= 11 is 0. The molecular weight excluding hydrogens is 132 g/mol. The monoisotopic (exact) mass is 148 g/mol. The molecule has 62 valence electrons. The fraction of sp³-hybridized carbons (Fsp3) is 1.00. The van der Waals surface area contributed by atoms with E-state index in [1.165, 1.54) is 0 Å². The van der Waals surface area contributed by atoms with E-state index in [-0.39, 0.29) is 1.43 Å². The Balaban J connectivity index is 0.000001000. The summed E-state index contributed by atoms with van der Waals surface area (Å²) in [6.07, 6.45) is 1.50. The van der Waals surface area contributed by atoms with Gasteiger partial charge in [0.15, 0.2) is 0 Å². The van der Waals surface area contributed by atoms with Crippen LogP contribution in [-0.2, 0) is 14.2 Å². The van der Waals surface area contributed by atoms with Crippen molar-refractivity contribution in [2.24, 2.45) is 0 Å². The van der Waals surface area contributed by atoms with Crippen LogP contribution in [0.4, 0.5) is 0 Å². The smallest absolute Gasteiger partial charge is 0.0830 e. The lowest BCUT2D eigenvalue weighted by Crippen LogP contribution is -2.31. The van der Waals surface area contributed by atoms with Crippen molar-refractivity contribution in [2.45, 2.75) is 12.5 Å². The van der Waals surface area contributed by atoms with E-state index in [2.05, 4.69) is 0 Å². The van der Waals surface area contributed by atoms with Gasteiger partial charge in [-0.1, -0.05) is 0 Å². The van der Waals surface area contributed by atoms with Crippen LogP contribution in [0, 0.1) is 0 Å². The van der Waals surface area contributed by atoms with Crippen LogP contribution in [0.5, 0.6) is 0 Å². The average Bonchev–Trinajstić information content (AvgIpc) is 1.84. The Kier molecular flexibility index (Phi) is 3.72. The SMILES string of the molecule is COCCOCC1CCO1.[HH]. The second kappa shape index (κ2) is 4.66. The maximum Gasteiger partial charge on any atom is 0.0830 e. The van der Waals surface area contributed by atoms with E-state index in [9.17, 15) is 0 Å². The lowest BCUT2D eigenvalue weighted by Gasteiger charge is -2.25. The largest absolute Gasteiger partial charge is 0.382 e. The molecule has 1 rings (SSSR count). The van der Waals surface area contributed by atoms with Gasteiger partial charge in [0.1, 0.15) is 0 Å². The van der Waals surface area contributed by atoms with E-state index in [4.69, 9.17) is 14.2 Å². The van der Waals surface area contributed by atoms with Gasteiger partial charge in [-0.15, -0.1) is 0 Å². The zero-order valence-electron chi connectivity index (χ0n) is 6.34. The number of methoxy groups -OCH3 is 1. The topological polar surface area (TPSA) is 27.7 Å². The van der Waals surface area contributed by atoms with Crippen molar-refractivity contribution in [3.05, 3.63) is 0 Å². The summed E-state index contributed by atoms with van der Waals surface area (Å²) in [7, 11) is 1.67. The van der Waals surface area contributed by atoms with Crippen LogP contribution in [0.15, 0.2) is 0 Å². The summed E-state index contributed by atoms with van der Waals surface area (Å²) in [5.74, 6) is 0. The highest BCUT2D eigenvalue weighted by molar-refractivity contribution is 4.64. The first-order valence-corrected chi connectivity index (χ1v) is 3.62. The van der Waals surface area contributed by atoms with E-state index in [1.54, 1.807) is 7.11 Å². The van der Waals surface area contributed by atoms with Crippen molar-refractivity contribution < 1.29 is 15.6 Å². The van der Waals surface area contributed by atoms with E-state index < -0.39 is 0 Å². The molecule has 0 saturated carbocycles. The molecule has 0 aromatic heterocycles. The number of ether oxygens (including phenoxy) is 3. The Bertz CT molecular complexity index is 85.8. The van der Waals surface area contributed by atoms with Gasteiger partial charge in [0, 0.05) is 15.1 Å². The third-order valence-electron chi connectivity index (χ3n) is 1.53. The predicted molar refractivity (Wildman–Crippen MR) is 39.2 cm³/mol. The Labute approximate surface area is 62.7 Å². The van der Waals surface area contributed by atoms with E-state index in [1.807, 2.05) is 0 Å². The van der Waals surface area contributed by atoms with Crippen molar-refractivity contribution in [1.82, 2.24) is 0 Å². The van der Waals surface area contributed by atoms with Crippen molar-refractivity contribution in [1.29, 1.82) is 0 Å². The Morgan fingerprint density at radius 3 is 2.90 bits per heavy atom.